The Labute approximate surface area is 172 Å². The van der Waals surface area contributed by atoms with Crippen molar-refractivity contribution in [2.45, 2.75) is 19.9 Å². The van der Waals surface area contributed by atoms with Crippen molar-refractivity contribution in [2.75, 3.05) is 0 Å². The second kappa shape index (κ2) is 6.84. The number of carbonyl (C=O) groups excluding carboxylic acids is 1. The molecule has 0 fully saturated rings. The molecular formula is C22H21N7O. The Morgan fingerprint density at radius 2 is 2.03 bits per heavy atom. The highest BCUT2D eigenvalue weighted by Crippen LogP contribution is 2.26. The van der Waals surface area contributed by atoms with Crippen molar-refractivity contribution < 1.29 is 4.79 Å². The number of aryl methyl sites for hydroxylation is 2. The quantitative estimate of drug-likeness (QED) is 0.429. The summed E-state index contributed by atoms with van der Waals surface area (Å²) in [6.45, 7) is 3.95. The molecule has 0 radical (unpaired) electrons. The highest BCUT2D eigenvalue weighted by Gasteiger charge is 2.17. The molecule has 1 atom stereocenters. The average Bonchev–Trinajstić information content (AvgIpc) is 3.44. The van der Waals surface area contributed by atoms with Crippen LogP contribution in [-0.2, 0) is 7.05 Å². The van der Waals surface area contributed by atoms with Crippen LogP contribution in [0.1, 0.15) is 34.7 Å². The Balaban J connectivity index is 1.39. The Hall–Kier alpha value is -3.94. The standard InChI is InChI=1S/C22H21N7O/c1-12-4-7-16-18(8-12)26-21(25-16)13(2)24-22(30)14-5-6-15-17(9-14)27-28-20(15)19-10-23-11-29(19)3/h4-11,13H,1-3H3,(H,24,30)(H,25,26)(H,27,28). The Kier molecular flexibility index (Phi) is 4.13. The minimum Gasteiger partial charge on any atom is -0.342 e. The summed E-state index contributed by atoms with van der Waals surface area (Å²) in [4.78, 5) is 24.9. The van der Waals surface area contributed by atoms with Crippen molar-refractivity contribution in [3.8, 4) is 11.4 Å². The number of imidazole rings is 2. The zero-order valence-corrected chi connectivity index (χ0v) is 16.9. The topological polar surface area (TPSA) is 104 Å². The van der Waals surface area contributed by atoms with Crippen molar-refractivity contribution in [1.82, 2.24) is 35.0 Å². The van der Waals surface area contributed by atoms with Gasteiger partial charge in [0, 0.05) is 18.0 Å². The van der Waals surface area contributed by atoms with Gasteiger partial charge in [0.2, 0.25) is 0 Å². The Bertz CT molecular complexity index is 1390. The molecular weight excluding hydrogens is 378 g/mol. The number of amides is 1. The third kappa shape index (κ3) is 3.02. The summed E-state index contributed by atoms with van der Waals surface area (Å²) in [5.74, 6) is 0.558. The van der Waals surface area contributed by atoms with Crippen molar-refractivity contribution in [1.29, 1.82) is 0 Å². The Morgan fingerprint density at radius 1 is 1.17 bits per heavy atom. The summed E-state index contributed by atoms with van der Waals surface area (Å²) in [7, 11) is 1.92. The van der Waals surface area contributed by atoms with Crippen LogP contribution in [-0.4, -0.2) is 35.6 Å². The van der Waals surface area contributed by atoms with Gasteiger partial charge in [0.15, 0.2) is 0 Å². The molecule has 8 heteroatoms. The minimum atomic E-state index is -0.257. The molecule has 0 aliphatic heterocycles. The monoisotopic (exact) mass is 399 g/mol. The van der Waals surface area contributed by atoms with Crippen LogP contribution in [0.4, 0.5) is 0 Å². The van der Waals surface area contributed by atoms with E-state index in [1.54, 1.807) is 12.5 Å². The van der Waals surface area contributed by atoms with E-state index in [9.17, 15) is 4.79 Å². The number of benzene rings is 2. The highest BCUT2D eigenvalue weighted by molar-refractivity contribution is 6.00. The molecule has 8 nitrogen and oxygen atoms in total. The van der Waals surface area contributed by atoms with Crippen LogP contribution >= 0.6 is 0 Å². The maximum Gasteiger partial charge on any atom is 0.251 e. The van der Waals surface area contributed by atoms with Crippen LogP contribution in [0.5, 0.6) is 0 Å². The van der Waals surface area contributed by atoms with Gasteiger partial charge < -0.3 is 14.9 Å². The molecule has 0 saturated heterocycles. The van der Waals surface area contributed by atoms with Crippen molar-refractivity contribution in [3.05, 3.63) is 65.9 Å². The second-order valence-corrected chi connectivity index (χ2v) is 7.56. The molecule has 30 heavy (non-hydrogen) atoms. The summed E-state index contributed by atoms with van der Waals surface area (Å²) in [5.41, 5.74) is 6.08. The SMILES string of the molecule is Cc1ccc2nc(C(C)NC(=O)c3ccc4c(-c5cncn5C)n[nH]c4c3)[nH]c2c1. The normalized spacial score (nSPS) is 12.5. The first kappa shape index (κ1) is 18.1. The molecule has 1 unspecified atom stereocenters. The number of aromatic nitrogens is 6. The summed E-state index contributed by atoms with van der Waals surface area (Å²) >= 11 is 0. The zero-order chi connectivity index (χ0) is 20.8. The molecule has 5 aromatic rings. The molecule has 0 spiro atoms. The first-order valence-electron chi connectivity index (χ1n) is 9.71. The molecule has 3 N–H and O–H groups in total. The van der Waals surface area contributed by atoms with Crippen LogP contribution in [0.2, 0.25) is 0 Å². The van der Waals surface area contributed by atoms with Crippen molar-refractivity contribution in [3.63, 3.8) is 0 Å². The number of H-pyrrole nitrogens is 2. The van der Waals surface area contributed by atoms with Crippen LogP contribution in [0.25, 0.3) is 33.3 Å². The Morgan fingerprint density at radius 3 is 2.83 bits per heavy atom. The van der Waals surface area contributed by atoms with Crippen LogP contribution in [0.3, 0.4) is 0 Å². The molecule has 5 rings (SSSR count). The van der Waals surface area contributed by atoms with E-state index in [4.69, 9.17) is 0 Å². The van der Waals surface area contributed by atoms with E-state index in [0.717, 1.165) is 44.7 Å². The zero-order valence-electron chi connectivity index (χ0n) is 16.9. The van der Waals surface area contributed by atoms with Crippen molar-refractivity contribution >= 4 is 27.8 Å². The number of nitrogens with zero attached hydrogens (tertiary/aromatic N) is 4. The molecule has 0 aliphatic rings. The van der Waals surface area contributed by atoms with E-state index in [2.05, 4.69) is 30.5 Å². The molecule has 0 aliphatic carbocycles. The first-order valence-corrected chi connectivity index (χ1v) is 9.71. The lowest BCUT2D eigenvalue weighted by molar-refractivity contribution is 0.0938. The van der Waals surface area contributed by atoms with E-state index in [1.807, 2.05) is 61.9 Å². The van der Waals surface area contributed by atoms with Crippen LogP contribution < -0.4 is 5.32 Å². The van der Waals surface area contributed by atoms with E-state index >= 15 is 0 Å². The van der Waals surface area contributed by atoms with Gasteiger partial charge in [0.1, 0.15) is 11.5 Å². The summed E-state index contributed by atoms with van der Waals surface area (Å²) in [5, 5.41) is 11.4. The van der Waals surface area contributed by atoms with Gasteiger partial charge >= 0.3 is 0 Å². The van der Waals surface area contributed by atoms with E-state index < -0.39 is 0 Å². The van der Waals surface area contributed by atoms with Crippen molar-refractivity contribution in [2.24, 2.45) is 7.05 Å². The molecule has 0 bridgehead atoms. The summed E-state index contributed by atoms with van der Waals surface area (Å²) in [6, 6.07) is 11.3. The fourth-order valence-electron chi connectivity index (χ4n) is 3.64. The average molecular weight is 399 g/mol. The third-order valence-electron chi connectivity index (χ3n) is 5.30. The molecule has 0 saturated carbocycles. The van der Waals surface area contributed by atoms with Gasteiger partial charge in [-0.15, -0.1) is 0 Å². The van der Waals surface area contributed by atoms with Gasteiger partial charge in [0.05, 0.1) is 40.8 Å². The molecule has 3 aromatic heterocycles. The molecule has 3 heterocycles. The molecule has 1 amide bonds. The number of hydrogen-bond acceptors (Lipinski definition) is 4. The van der Waals surface area contributed by atoms with Gasteiger partial charge in [-0.3, -0.25) is 9.89 Å². The second-order valence-electron chi connectivity index (χ2n) is 7.56. The first-order chi connectivity index (χ1) is 14.5. The maximum atomic E-state index is 12.8. The van der Waals surface area contributed by atoms with Crippen LogP contribution in [0, 0.1) is 6.92 Å². The predicted molar refractivity (Wildman–Crippen MR) is 115 cm³/mol. The largest absolute Gasteiger partial charge is 0.342 e. The lowest BCUT2D eigenvalue weighted by atomic mass is 10.1. The van der Waals surface area contributed by atoms with Gasteiger partial charge in [-0.25, -0.2) is 9.97 Å². The number of hydrogen-bond donors (Lipinski definition) is 3. The predicted octanol–water partition coefficient (Wildman–Crippen LogP) is 3.64. The lowest BCUT2D eigenvalue weighted by Gasteiger charge is -2.11. The highest BCUT2D eigenvalue weighted by atomic mass is 16.1. The van der Waals surface area contributed by atoms with Gasteiger partial charge in [0.25, 0.3) is 5.91 Å². The third-order valence-corrected chi connectivity index (χ3v) is 5.30. The van der Waals surface area contributed by atoms with E-state index in [1.165, 1.54) is 0 Å². The number of rotatable bonds is 4. The van der Waals surface area contributed by atoms with E-state index in [-0.39, 0.29) is 11.9 Å². The fraction of sp³-hybridized carbons (Fsp3) is 0.182. The summed E-state index contributed by atoms with van der Waals surface area (Å²) < 4.78 is 1.91. The summed E-state index contributed by atoms with van der Waals surface area (Å²) in [6.07, 6.45) is 3.51. The van der Waals surface area contributed by atoms with Gasteiger partial charge in [-0.05, 0) is 49.7 Å². The minimum absolute atomic E-state index is 0.169. The lowest BCUT2D eigenvalue weighted by Crippen LogP contribution is -2.27. The smallest absolute Gasteiger partial charge is 0.251 e. The molecule has 150 valence electrons. The number of carbonyl (C=O) groups is 1. The van der Waals surface area contributed by atoms with Crippen LogP contribution in [0.15, 0.2) is 48.9 Å². The van der Waals surface area contributed by atoms with E-state index in [0.29, 0.717) is 5.56 Å². The maximum absolute atomic E-state index is 12.8. The number of fused-ring (bicyclic) bond motifs is 2. The number of aromatic amines is 2. The number of nitrogens with one attached hydrogen (secondary N) is 3. The fourth-order valence-corrected chi connectivity index (χ4v) is 3.64. The molecule has 2 aromatic carbocycles. The van der Waals surface area contributed by atoms with Gasteiger partial charge in [-0.2, -0.15) is 5.10 Å². The van der Waals surface area contributed by atoms with Gasteiger partial charge in [-0.1, -0.05) is 6.07 Å².